The zero-order valence-corrected chi connectivity index (χ0v) is 15.4. The van der Waals surface area contributed by atoms with Crippen LogP contribution >= 0.6 is 0 Å². The molecule has 7 nitrogen and oxygen atoms in total. The molecule has 2 aromatic rings. The van der Waals surface area contributed by atoms with Crippen molar-refractivity contribution in [1.82, 2.24) is 14.6 Å². The van der Waals surface area contributed by atoms with Crippen molar-refractivity contribution in [2.45, 2.75) is 51.2 Å². The van der Waals surface area contributed by atoms with Gasteiger partial charge >= 0.3 is 0 Å². The fourth-order valence-electron chi connectivity index (χ4n) is 4.08. The average Bonchev–Trinajstić information content (AvgIpc) is 3.02. The van der Waals surface area contributed by atoms with Crippen molar-refractivity contribution in [2.24, 2.45) is 17.4 Å². The summed E-state index contributed by atoms with van der Waals surface area (Å²) in [5.41, 5.74) is 18.7. The fraction of sp³-hybridized carbons (Fsp3) is 0.474. The van der Waals surface area contributed by atoms with Gasteiger partial charge in [0, 0.05) is 30.0 Å². The lowest BCUT2D eigenvalue weighted by Crippen LogP contribution is -2.58. The van der Waals surface area contributed by atoms with E-state index in [9.17, 15) is 0 Å². The molecule has 26 heavy (non-hydrogen) atoms. The maximum Gasteiger partial charge on any atom is 0.175 e. The molecule has 3 heterocycles. The zero-order valence-electron chi connectivity index (χ0n) is 15.4. The van der Waals surface area contributed by atoms with Gasteiger partial charge in [-0.15, -0.1) is 0 Å². The van der Waals surface area contributed by atoms with E-state index in [4.69, 9.17) is 11.5 Å². The highest BCUT2D eigenvalue weighted by Crippen LogP contribution is 2.35. The number of imidazole rings is 1. The van der Waals surface area contributed by atoms with Crippen LogP contribution in [-0.2, 0) is 0 Å². The van der Waals surface area contributed by atoms with E-state index in [-0.39, 0.29) is 0 Å². The molecule has 138 valence electrons. The third kappa shape index (κ3) is 3.20. The van der Waals surface area contributed by atoms with Gasteiger partial charge < -0.3 is 22.2 Å². The van der Waals surface area contributed by atoms with E-state index < -0.39 is 5.66 Å². The summed E-state index contributed by atoms with van der Waals surface area (Å²) >= 11 is 0. The quantitative estimate of drug-likeness (QED) is 0.673. The van der Waals surface area contributed by atoms with Gasteiger partial charge in [-0.3, -0.25) is 0 Å². The predicted octanol–water partition coefficient (Wildman–Crippen LogP) is 2.08. The Kier molecular flexibility index (Phi) is 4.20. The second kappa shape index (κ2) is 6.41. The van der Waals surface area contributed by atoms with Crippen LogP contribution < -0.4 is 22.2 Å². The number of rotatable bonds is 3. The summed E-state index contributed by atoms with van der Waals surface area (Å²) in [6.45, 7) is 4.06. The monoisotopic (exact) mass is 353 g/mol. The van der Waals surface area contributed by atoms with Gasteiger partial charge in [-0.1, -0.05) is 0 Å². The van der Waals surface area contributed by atoms with Crippen LogP contribution in [0.15, 0.2) is 30.6 Å². The number of hydrogen-bond acceptors (Lipinski definition) is 6. The number of pyridine rings is 1. The summed E-state index contributed by atoms with van der Waals surface area (Å²) in [5.74, 6) is 1.93. The van der Waals surface area contributed by atoms with Crippen LogP contribution in [0.4, 0.5) is 5.82 Å². The van der Waals surface area contributed by atoms with Gasteiger partial charge in [-0.2, -0.15) is 0 Å². The minimum absolute atomic E-state index is 0.295. The standard InChI is InChI=1S/C19H27N7/c1-12-9-13(2)23-17(10-12)24-16-11-19(21,14-3-5-15(20)6-4-14)25-26-8-7-22-18(16)26/h7-11,14-15,25H,3-6,20-21H2,1-2H3,(H,23,24). The lowest BCUT2D eigenvalue weighted by molar-refractivity contribution is 0.239. The number of nitrogens with zero attached hydrogens (tertiary/aromatic N) is 3. The summed E-state index contributed by atoms with van der Waals surface area (Å²) in [4.78, 5) is 9.06. The average molecular weight is 353 g/mol. The Morgan fingerprint density at radius 2 is 2.00 bits per heavy atom. The molecule has 1 aliphatic heterocycles. The number of fused-ring (bicyclic) bond motifs is 1. The molecule has 6 N–H and O–H groups in total. The first-order valence-electron chi connectivity index (χ1n) is 9.24. The summed E-state index contributed by atoms with van der Waals surface area (Å²) in [6.07, 6.45) is 9.79. The Balaban J connectivity index is 1.67. The summed E-state index contributed by atoms with van der Waals surface area (Å²) in [6, 6.07) is 4.38. The smallest absolute Gasteiger partial charge is 0.175 e. The topological polar surface area (TPSA) is 107 Å². The normalized spacial score (nSPS) is 28.1. The molecule has 4 rings (SSSR count). The first-order valence-corrected chi connectivity index (χ1v) is 9.24. The third-order valence-corrected chi connectivity index (χ3v) is 5.39. The molecule has 1 atom stereocenters. The predicted molar refractivity (Wildman–Crippen MR) is 104 cm³/mol. The van der Waals surface area contributed by atoms with Crippen LogP contribution in [0.5, 0.6) is 0 Å². The van der Waals surface area contributed by atoms with Crippen LogP contribution in [0.2, 0.25) is 0 Å². The number of nitrogens with one attached hydrogen (secondary N) is 2. The summed E-state index contributed by atoms with van der Waals surface area (Å²) < 4.78 is 1.90. The Bertz CT molecular complexity index is 812. The van der Waals surface area contributed by atoms with E-state index in [2.05, 4.69) is 39.8 Å². The van der Waals surface area contributed by atoms with E-state index in [1.54, 1.807) is 6.20 Å². The van der Waals surface area contributed by atoms with E-state index in [0.29, 0.717) is 12.0 Å². The summed E-state index contributed by atoms with van der Waals surface area (Å²) in [7, 11) is 0. The van der Waals surface area contributed by atoms with Gasteiger partial charge in [-0.05, 0) is 63.3 Å². The maximum atomic E-state index is 6.82. The lowest BCUT2D eigenvalue weighted by Gasteiger charge is -2.42. The van der Waals surface area contributed by atoms with E-state index in [1.807, 2.05) is 23.9 Å². The van der Waals surface area contributed by atoms with Gasteiger partial charge in [0.2, 0.25) is 0 Å². The van der Waals surface area contributed by atoms with Crippen molar-refractivity contribution in [2.75, 3.05) is 10.7 Å². The van der Waals surface area contributed by atoms with Gasteiger partial charge in [0.05, 0.1) is 5.70 Å². The molecule has 0 radical (unpaired) electrons. The van der Waals surface area contributed by atoms with Crippen LogP contribution in [0.3, 0.4) is 0 Å². The van der Waals surface area contributed by atoms with Crippen LogP contribution in [0.1, 0.15) is 42.8 Å². The van der Waals surface area contributed by atoms with Crippen molar-refractivity contribution in [1.29, 1.82) is 0 Å². The van der Waals surface area contributed by atoms with Crippen molar-refractivity contribution >= 4 is 11.5 Å². The Morgan fingerprint density at radius 1 is 1.23 bits per heavy atom. The largest absolute Gasteiger partial charge is 0.337 e. The molecular weight excluding hydrogens is 326 g/mol. The fourth-order valence-corrected chi connectivity index (χ4v) is 4.08. The van der Waals surface area contributed by atoms with E-state index >= 15 is 0 Å². The first kappa shape index (κ1) is 17.1. The van der Waals surface area contributed by atoms with Crippen LogP contribution in [0, 0.1) is 19.8 Å². The molecule has 2 aromatic heterocycles. The van der Waals surface area contributed by atoms with Crippen molar-refractivity contribution < 1.29 is 0 Å². The second-order valence-corrected chi connectivity index (χ2v) is 7.63. The van der Waals surface area contributed by atoms with Crippen molar-refractivity contribution in [3.8, 4) is 0 Å². The number of nitrogens with two attached hydrogens (primary N) is 2. The van der Waals surface area contributed by atoms with E-state index in [1.165, 1.54) is 0 Å². The Labute approximate surface area is 153 Å². The molecule has 0 spiro atoms. The molecule has 7 heteroatoms. The van der Waals surface area contributed by atoms with Crippen molar-refractivity contribution in [3.63, 3.8) is 0 Å². The highest BCUT2D eigenvalue weighted by molar-refractivity contribution is 5.75. The molecule has 0 amide bonds. The van der Waals surface area contributed by atoms with Crippen LogP contribution in [-0.4, -0.2) is 26.3 Å². The van der Waals surface area contributed by atoms with Crippen molar-refractivity contribution in [3.05, 3.63) is 47.7 Å². The molecule has 1 aliphatic carbocycles. The second-order valence-electron chi connectivity index (χ2n) is 7.63. The van der Waals surface area contributed by atoms with Gasteiger partial charge in [0.1, 0.15) is 11.5 Å². The number of hydrogen-bond donors (Lipinski definition) is 4. The minimum atomic E-state index is -0.644. The molecule has 1 unspecified atom stereocenters. The first-order chi connectivity index (χ1) is 12.4. The molecule has 0 bridgehead atoms. The molecule has 0 aromatic carbocycles. The number of aryl methyl sites for hydroxylation is 2. The van der Waals surface area contributed by atoms with Crippen LogP contribution in [0.25, 0.3) is 5.70 Å². The SMILES string of the molecule is Cc1cc(C)nc(NC2=CC(N)(C3CCC(N)CC3)Nn3ccnc32)c1. The third-order valence-electron chi connectivity index (χ3n) is 5.39. The molecule has 1 saturated carbocycles. The van der Waals surface area contributed by atoms with Gasteiger partial charge in [-0.25, -0.2) is 14.6 Å². The zero-order chi connectivity index (χ0) is 18.3. The Hall–Kier alpha value is -2.38. The molecule has 1 fully saturated rings. The molecule has 0 saturated heterocycles. The van der Waals surface area contributed by atoms with Gasteiger partial charge in [0.25, 0.3) is 0 Å². The summed E-state index contributed by atoms with van der Waals surface area (Å²) in [5, 5.41) is 3.43. The molecule has 2 aliphatic rings. The highest BCUT2D eigenvalue weighted by Gasteiger charge is 2.39. The Morgan fingerprint density at radius 3 is 2.73 bits per heavy atom. The number of aromatic nitrogens is 3. The molecular formula is C19H27N7. The lowest BCUT2D eigenvalue weighted by atomic mass is 9.78. The number of anilines is 1. The van der Waals surface area contributed by atoms with Gasteiger partial charge in [0.15, 0.2) is 5.82 Å². The maximum absolute atomic E-state index is 6.82. The highest BCUT2D eigenvalue weighted by atomic mass is 15.5. The minimum Gasteiger partial charge on any atom is -0.337 e. The van der Waals surface area contributed by atoms with E-state index in [0.717, 1.165) is 54.3 Å².